The summed E-state index contributed by atoms with van der Waals surface area (Å²) in [6.45, 7) is 0.344. The van der Waals surface area contributed by atoms with Gasteiger partial charge in [-0.25, -0.2) is 15.1 Å². The minimum atomic E-state index is -0.426. The van der Waals surface area contributed by atoms with Crippen LogP contribution in [0.3, 0.4) is 0 Å². The molecule has 0 spiro atoms. The molecule has 0 fully saturated rings. The number of rotatable bonds is 4. The van der Waals surface area contributed by atoms with Crippen LogP contribution < -0.4 is 10.8 Å². The van der Waals surface area contributed by atoms with E-state index in [4.69, 9.17) is 0 Å². The standard InChI is InChI=1S/C11H14N2O4/c1-16-10(14)9-5-3-8(4-6-9)7-12-11(15)13-17-2/h3-6H,7H2,1-2H3,(H2,12,13,15). The highest BCUT2D eigenvalue weighted by Gasteiger charge is 2.04. The summed E-state index contributed by atoms with van der Waals surface area (Å²) in [6.07, 6.45) is 0. The lowest BCUT2D eigenvalue weighted by atomic mass is 10.1. The minimum Gasteiger partial charge on any atom is -0.465 e. The van der Waals surface area contributed by atoms with Crippen LogP contribution in [0.1, 0.15) is 15.9 Å². The Morgan fingerprint density at radius 1 is 1.18 bits per heavy atom. The number of ether oxygens (including phenoxy) is 1. The van der Waals surface area contributed by atoms with Crippen LogP contribution >= 0.6 is 0 Å². The van der Waals surface area contributed by atoms with Gasteiger partial charge in [0.2, 0.25) is 0 Å². The summed E-state index contributed by atoms with van der Waals surface area (Å²) in [7, 11) is 2.68. The van der Waals surface area contributed by atoms with Gasteiger partial charge in [-0.2, -0.15) is 0 Å². The zero-order chi connectivity index (χ0) is 12.7. The van der Waals surface area contributed by atoms with Crippen molar-refractivity contribution in [2.24, 2.45) is 0 Å². The van der Waals surface area contributed by atoms with Gasteiger partial charge < -0.3 is 10.1 Å². The largest absolute Gasteiger partial charge is 0.465 e. The fourth-order valence-corrected chi connectivity index (χ4v) is 1.19. The molecule has 92 valence electrons. The van der Waals surface area contributed by atoms with Crippen molar-refractivity contribution in [1.29, 1.82) is 0 Å². The highest BCUT2D eigenvalue weighted by molar-refractivity contribution is 5.89. The summed E-state index contributed by atoms with van der Waals surface area (Å²) in [5.74, 6) is -0.387. The van der Waals surface area contributed by atoms with E-state index in [1.54, 1.807) is 24.3 Å². The number of hydrogen-bond donors (Lipinski definition) is 2. The van der Waals surface area contributed by atoms with Crippen molar-refractivity contribution in [3.8, 4) is 0 Å². The number of esters is 1. The number of methoxy groups -OCH3 is 1. The van der Waals surface area contributed by atoms with E-state index in [-0.39, 0.29) is 5.97 Å². The lowest BCUT2D eigenvalue weighted by molar-refractivity contribution is 0.0600. The first-order valence-corrected chi connectivity index (χ1v) is 4.91. The van der Waals surface area contributed by atoms with Crippen LogP contribution in [-0.4, -0.2) is 26.2 Å². The maximum absolute atomic E-state index is 11.2. The zero-order valence-corrected chi connectivity index (χ0v) is 9.65. The molecule has 0 aliphatic heterocycles. The van der Waals surface area contributed by atoms with E-state index >= 15 is 0 Å². The van der Waals surface area contributed by atoms with Gasteiger partial charge in [-0.3, -0.25) is 4.84 Å². The van der Waals surface area contributed by atoms with Crippen LogP contribution in [-0.2, 0) is 16.1 Å². The number of carbonyl (C=O) groups excluding carboxylic acids is 2. The lowest BCUT2D eigenvalue weighted by Gasteiger charge is -2.06. The zero-order valence-electron chi connectivity index (χ0n) is 9.65. The highest BCUT2D eigenvalue weighted by atomic mass is 16.6. The average molecular weight is 238 g/mol. The third-order valence-electron chi connectivity index (χ3n) is 2.02. The van der Waals surface area contributed by atoms with Gasteiger partial charge in [-0.1, -0.05) is 12.1 Å². The van der Waals surface area contributed by atoms with Crippen molar-refractivity contribution in [3.05, 3.63) is 35.4 Å². The molecular formula is C11H14N2O4. The molecule has 0 bridgehead atoms. The van der Waals surface area contributed by atoms with Crippen LogP contribution in [0.4, 0.5) is 4.79 Å². The molecule has 0 saturated carbocycles. The van der Waals surface area contributed by atoms with Crippen molar-refractivity contribution in [2.75, 3.05) is 14.2 Å². The van der Waals surface area contributed by atoms with Gasteiger partial charge in [-0.05, 0) is 17.7 Å². The molecule has 1 aromatic carbocycles. The van der Waals surface area contributed by atoms with Crippen LogP contribution in [0.5, 0.6) is 0 Å². The van der Waals surface area contributed by atoms with Gasteiger partial charge in [0.25, 0.3) is 0 Å². The van der Waals surface area contributed by atoms with Gasteiger partial charge in [-0.15, -0.1) is 0 Å². The first-order chi connectivity index (χ1) is 8.17. The molecule has 0 aliphatic carbocycles. The van der Waals surface area contributed by atoms with Gasteiger partial charge >= 0.3 is 12.0 Å². The Balaban J connectivity index is 2.51. The van der Waals surface area contributed by atoms with E-state index in [0.29, 0.717) is 12.1 Å². The monoisotopic (exact) mass is 238 g/mol. The molecule has 0 saturated heterocycles. The molecule has 6 nitrogen and oxygen atoms in total. The second kappa shape index (κ2) is 6.49. The predicted molar refractivity (Wildman–Crippen MR) is 60.2 cm³/mol. The summed E-state index contributed by atoms with van der Waals surface area (Å²) >= 11 is 0. The molecule has 1 rings (SSSR count). The third-order valence-corrected chi connectivity index (χ3v) is 2.02. The first kappa shape index (κ1) is 13.0. The number of carbonyl (C=O) groups is 2. The molecule has 2 amide bonds. The molecule has 1 aromatic rings. The topological polar surface area (TPSA) is 76.7 Å². The summed E-state index contributed by atoms with van der Waals surface area (Å²) in [5, 5.41) is 2.57. The molecule has 2 N–H and O–H groups in total. The van der Waals surface area contributed by atoms with E-state index < -0.39 is 6.03 Å². The van der Waals surface area contributed by atoms with Crippen LogP contribution in [0.2, 0.25) is 0 Å². The summed E-state index contributed by atoms with van der Waals surface area (Å²) in [5.41, 5.74) is 3.47. The van der Waals surface area contributed by atoms with Gasteiger partial charge in [0.15, 0.2) is 0 Å². The molecular weight excluding hydrogens is 224 g/mol. The second-order valence-electron chi connectivity index (χ2n) is 3.18. The smallest absolute Gasteiger partial charge is 0.338 e. The Labute approximate surface area is 98.9 Å². The molecule has 0 aromatic heterocycles. The normalized spacial score (nSPS) is 9.53. The predicted octanol–water partition coefficient (Wildman–Crippen LogP) is 0.834. The van der Waals surface area contributed by atoms with Crippen LogP contribution in [0.15, 0.2) is 24.3 Å². The molecule has 0 atom stereocenters. The fourth-order valence-electron chi connectivity index (χ4n) is 1.19. The number of hydrogen-bond acceptors (Lipinski definition) is 4. The molecule has 0 aliphatic rings. The van der Waals surface area contributed by atoms with Crippen molar-refractivity contribution in [3.63, 3.8) is 0 Å². The van der Waals surface area contributed by atoms with Crippen molar-refractivity contribution >= 4 is 12.0 Å². The maximum Gasteiger partial charge on any atom is 0.338 e. The Morgan fingerprint density at radius 2 is 1.82 bits per heavy atom. The Hall–Kier alpha value is -2.08. The summed E-state index contributed by atoms with van der Waals surface area (Å²) < 4.78 is 4.57. The molecule has 17 heavy (non-hydrogen) atoms. The number of urea groups is 1. The van der Waals surface area contributed by atoms with E-state index in [1.165, 1.54) is 14.2 Å². The Bertz CT molecular complexity index is 389. The van der Waals surface area contributed by atoms with Crippen LogP contribution in [0.25, 0.3) is 0 Å². The lowest BCUT2D eigenvalue weighted by Crippen LogP contribution is -2.34. The number of nitrogens with one attached hydrogen (secondary N) is 2. The summed E-state index contributed by atoms with van der Waals surface area (Å²) in [4.78, 5) is 26.6. The van der Waals surface area contributed by atoms with Gasteiger partial charge in [0, 0.05) is 6.54 Å². The highest BCUT2D eigenvalue weighted by Crippen LogP contribution is 2.05. The number of hydroxylamine groups is 1. The number of benzene rings is 1. The van der Waals surface area contributed by atoms with Crippen molar-refractivity contribution in [1.82, 2.24) is 10.8 Å². The van der Waals surface area contributed by atoms with Crippen molar-refractivity contribution in [2.45, 2.75) is 6.54 Å². The third kappa shape index (κ3) is 4.12. The maximum atomic E-state index is 11.2. The molecule has 0 unspecified atom stereocenters. The molecule has 0 heterocycles. The Morgan fingerprint density at radius 3 is 2.35 bits per heavy atom. The quantitative estimate of drug-likeness (QED) is 0.601. The van der Waals surface area contributed by atoms with E-state index in [2.05, 4.69) is 20.4 Å². The van der Waals surface area contributed by atoms with E-state index in [0.717, 1.165) is 5.56 Å². The first-order valence-electron chi connectivity index (χ1n) is 4.91. The Kier molecular flexibility index (Phi) is 4.96. The average Bonchev–Trinajstić information content (AvgIpc) is 2.36. The SMILES string of the molecule is CONC(=O)NCc1ccc(C(=O)OC)cc1. The van der Waals surface area contributed by atoms with E-state index in [1.807, 2.05) is 0 Å². The van der Waals surface area contributed by atoms with Crippen LogP contribution in [0, 0.1) is 0 Å². The molecule has 6 heteroatoms. The van der Waals surface area contributed by atoms with Gasteiger partial charge in [0.05, 0.1) is 19.8 Å². The van der Waals surface area contributed by atoms with E-state index in [9.17, 15) is 9.59 Å². The second-order valence-corrected chi connectivity index (χ2v) is 3.18. The van der Waals surface area contributed by atoms with Gasteiger partial charge in [0.1, 0.15) is 0 Å². The fraction of sp³-hybridized carbons (Fsp3) is 0.273. The number of amides is 2. The summed E-state index contributed by atoms with van der Waals surface area (Å²) in [6, 6.07) is 6.32. The molecule has 0 radical (unpaired) electrons. The van der Waals surface area contributed by atoms with Crippen molar-refractivity contribution < 1.29 is 19.2 Å². The minimum absolute atomic E-state index is 0.344.